The number of hydrogen-bond acceptors (Lipinski definition) is 3. The van der Waals surface area contributed by atoms with Gasteiger partial charge in [0, 0.05) is 19.6 Å². The molecule has 0 N–H and O–H groups in total. The summed E-state index contributed by atoms with van der Waals surface area (Å²) in [5, 5.41) is 0. The molecular weight excluding hydrogens is 228 g/mol. The van der Waals surface area contributed by atoms with Crippen molar-refractivity contribution in [2.75, 3.05) is 19.8 Å². The zero-order chi connectivity index (χ0) is 12.9. The maximum Gasteiger partial charge on any atom is 0.293 e. The van der Waals surface area contributed by atoms with Crippen LogP contribution in [0.25, 0.3) is 0 Å². The van der Waals surface area contributed by atoms with Crippen molar-refractivity contribution in [3.8, 4) is 0 Å². The van der Waals surface area contributed by atoms with Crippen LogP contribution in [0.2, 0.25) is 0 Å². The summed E-state index contributed by atoms with van der Waals surface area (Å²) in [5.41, 5.74) is 1.41. The fourth-order valence-electron chi connectivity index (χ4n) is 1.75. The van der Waals surface area contributed by atoms with Gasteiger partial charge in [-0.15, -0.1) is 0 Å². The third kappa shape index (κ3) is 7.85. The molecule has 0 atom stereocenters. The summed E-state index contributed by atoms with van der Waals surface area (Å²) < 4.78 is 10.0. The lowest BCUT2D eigenvalue weighted by Crippen LogP contribution is -2.01. The van der Waals surface area contributed by atoms with Crippen molar-refractivity contribution in [2.45, 2.75) is 32.1 Å². The van der Waals surface area contributed by atoms with Crippen LogP contribution in [0.1, 0.15) is 31.2 Å². The van der Waals surface area contributed by atoms with Gasteiger partial charge in [-0.2, -0.15) is 0 Å². The molecule has 1 aromatic carbocycles. The number of carbonyl (C=O) groups excluding carboxylic acids is 1. The first kappa shape index (κ1) is 14.7. The van der Waals surface area contributed by atoms with Crippen molar-refractivity contribution in [1.82, 2.24) is 0 Å². The van der Waals surface area contributed by atoms with Gasteiger partial charge in [-0.1, -0.05) is 36.8 Å². The second kappa shape index (κ2) is 10.8. The molecule has 0 saturated heterocycles. The van der Waals surface area contributed by atoms with Crippen molar-refractivity contribution in [3.63, 3.8) is 0 Å². The molecule has 0 saturated carbocycles. The zero-order valence-electron chi connectivity index (χ0n) is 10.8. The number of unbranched alkanes of at least 4 members (excludes halogenated alkanes) is 2. The Balaban J connectivity index is 1.83. The van der Waals surface area contributed by atoms with Crippen molar-refractivity contribution < 1.29 is 14.3 Å². The van der Waals surface area contributed by atoms with E-state index in [1.807, 2.05) is 6.07 Å². The molecule has 0 heterocycles. The highest BCUT2D eigenvalue weighted by atomic mass is 16.5. The Morgan fingerprint density at radius 3 is 2.44 bits per heavy atom. The molecule has 0 aliphatic heterocycles. The molecule has 1 rings (SSSR count). The number of ether oxygens (including phenoxy) is 2. The predicted molar refractivity (Wildman–Crippen MR) is 71.4 cm³/mol. The number of rotatable bonds is 11. The molecule has 100 valence electrons. The molecule has 0 bridgehead atoms. The highest BCUT2D eigenvalue weighted by Gasteiger charge is 1.94. The minimum atomic E-state index is 0.456. The highest BCUT2D eigenvalue weighted by Crippen LogP contribution is 2.06. The third-order valence-corrected chi connectivity index (χ3v) is 2.72. The zero-order valence-corrected chi connectivity index (χ0v) is 10.8. The molecule has 0 aliphatic carbocycles. The standard InChI is InChI=1S/C15H22O3/c16-14-18-13-7-12-17-11-6-2-5-10-15-8-3-1-4-9-15/h1,3-4,8-9,14H,2,5-7,10-13H2. The largest absolute Gasteiger partial charge is 0.468 e. The molecule has 18 heavy (non-hydrogen) atoms. The monoisotopic (exact) mass is 250 g/mol. The average Bonchev–Trinajstić information content (AvgIpc) is 2.42. The van der Waals surface area contributed by atoms with Crippen molar-refractivity contribution in [3.05, 3.63) is 35.9 Å². The smallest absolute Gasteiger partial charge is 0.293 e. The van der Waals surface area contributed by atoms with Crippen LogP contribution in [-0.4, -0.2) is 26.3 Å². The lowest BCUT2D eigenvalue weighted by molar-refractivity contribution is -0.129. The van der Waals surface area contributed by atoms with Crippen molar-refractivity contribution in [1.29, 1.82) is 0 Å². The number of carbonyl (C=O) groups is 1. The Hall–Kier alpha value is -1.35. The van der Waals surface area contributed by atoms with Gasteiger partial charge in [0.15, 0.2) is 0 Å². The van der Waals surface area contributed by atoms with Crippen LogP contribution in [0.5, 0.6) is 0 Å². The van der Waals surface area contributed by atoms with Crippen LogP contribution < -0.4 is 0 Å². The van der Waals surface area contributed by atoms with E-state index in [-0.39, 0.29) is 0 Å². The minimum absolute atomic E-state index is 0.456. The Morgan fingerprint density at radius 2 is 1.67 bits per heavy atom. The van der Waals surface area contributed by atoms with Crippen LogP contribution in [0.3, 0.4) is 0 Å². The van der Waals surface area contributed by atoms with Gasteiger partial charge >= 0.3 is 0 Å². The van der Waals surface area contributed by atoms with Crippen LogP contribution in [0, 0.1) is 0 Å². The molecule has 0 unspecified atom stereocenters. The fourth-order valence-corrected chi connectivity index (χ4v) is 1.75. The second-order valence-corrected chi connectivity index (χ2v) is 4.23. The maximum absolute atomic E-state index is 9.87. The van der Waals surface area contributed by atoms with Gasteiger partial charge in [0.2, 0.25) is 0 Å². The van der Waals surface area contributed by atoms with E-state index in [4.69, 9.17) is 4.74 Å². The summed E-state index contributed by atoms with van der Waals surface area (Å²) in [4.78, 5) is 9.87. The van der Waals surface area contributed by atoms with E-state index in [2.05, 4.69) is 29.0 Å². The topological polar surface area (TPSA) is 35.5 Å². The molecule has 3 nitrogen and oxygen atoms in total. The third-order valence-electron chi connectivity index (χ3n) is 2.72. The van der Waals surface area contributed by atoms with Gasteiger partial charge in [0.05, 0.1) is 6.61 Å². The predicted octanol–water partition coefficient (Wildman–Crippen LogP) is 2.98. The Bertz CT molecular complexity index is 298. The lowest BCUT2D eigenvalue weighted by Gasteiger charge is -2.04. The van der Waals surface area contributed by atoms with Gasteiger partial charge in [-0.3, -0.25) is 4.79 Å². The summed E-state index contributed by atoms with van der Waals surface area (Å²) in [5.74, 6) is 0. The van der Waals surface area contributed by atoms with Crippen molar-refractivity contribution in [2.24, 2.45) is 0 Å². The first-order valence-electron chi connectivity index (χ1n) is 6.60. The van der Waals surface area contributed by atoms with Gasteiger partial charge in [0.25, 0.3) is 6.47 Å². The minimum Gasteiger partial charge on any atom is -0.468 e. The maximum atomic E-state index is 9.87. The van der Waals surface area contributed by atoms with Gasteiger partial charge in [0.1, 0.15) is 0 Å². The van der Waals surface area contributed by atoms with E-state index in [1.165, 1.54) is 18.4 Å². The fraction of sp³-hybridized carbons (Fsp3) is 0.533. The SMILES string of the molecule is O=COCCCOCCCCCc1ccccc1. The molecular formula is C15H22O3. The summed E-state index contributed by atoms with van der Waals surface area (Å²) in [6.45, 7) is 2.41. The first-order valence-corrected chi connectivity index (χ1v) is 6.60. The summed E-state index contributed by atoms with van der Waals surface area (Å²) >= 11 is 0. The molecule has 3 heteroatoms. The van der Waals surface area contributed by atoms with Crippen LogP contribution in [-0.2, 0) is 20.7 Å². The number of hydrogen-bond donors (Lipinski definition) is 0. The normalized spacial score (nSPS) is 10.2. The van der Waals surface area contributed by atoms with E-state index in [0.29, 0.717) is 19.7 Å². The molecule has 0 aromatic heterocycles. The van der Waals surface area contributed by atoms with Crippen LogP contribution in [0.15, 0.2) is 30.3 Å². The Kier molecular flexibility index (Phi) is 8.81. The van der Waals surface area contributed by atoms with E-state index < -0.39 is 0 Å². The van der Waals surface area contributed by atoms with Crippen molar-refractivity contribution >= 4 is 6.47 Å². The van der Waals surface area contributed by atoms with Crippen LogP contribution in [0.4, 0.5) is 0 Å². The van der Waals surface area contributed by atoms with Crippen LogP contribution >= 0.6 is 0 Å². The Labute approximate surface area is 109 Å². The highest BCUT2D eigenvalue weighted by molar-refractivity contribution is 5.36. The first-order chi connectivity index (χ1) is 8.93. The number of benzene rings is 1. The van der Waals surface area contributed by atoms with Gasteiger partial charge in [-0.05, 0) is 24.8 Å². The molecule has 0 spiro atoms. The van der Waals surface area contributed by atoms with E-state index in [1.54, 1.807) is 0 Å². The Morgan fingerprint density at radius 1 is 0.889 bits per heavy atom. The summed E-state index contributed by atoms with van der Waals surface area (Å²) in [7, 11) is 0. The summed E-state index contributed by atoms with van der Waals surface area (Å²) in [6, 6.07) is 10.6. The molecule has 1 aromatic rings. The number of aryl methyl sites for hydroxylation is 1. The van der Waals surface area contributed by atoms with E-state index in [0.717, 1.165) is 25.9 Å². The molecule has 0 amide bonds. The van der Waals surface area contributed by atoms with Gasteiger partial charge in [-0.25, -0.2) is 0 Å². The molecule has 0 aliphatic rings. The van der Waals surface area contributed by atoms with E-state index >= 15 is 0 Å². The quantitative estimate of drug-likeness (QED) is 0.447. The average molecular weight is 250 g/mol. The lowest BCUT2D eigenvalue weighted by atomic mass is 10.1. The second-order valence-electron chi connectivity index (χ2n) is 4.23. The van der Waals surface area contributed by atoms with E-state index in [9.17, 15) is 4.79 Å². The summed E-state index contributed by atoms with van der Waals surface area (Å²) in [6.07, 6.45) is 5.43. The molecule has 0 radical (unpaired) electrons. The molecule has 0 fully saturated rings. The van der Waals surface area contributed by atoms with Gasteiger partial charge < -0.3 is 9.47 Å².